The number of aliphatic hydroxyl groups is 1. The highest BCUT2D eigenvalue weighted by Gasteiger charge is 2.10. The monoisotopic (exact) mass is 303 g/mol. The van der Waals surface area contributed by atoms with Crippen LogP contribution in [0.5, 0.6) is 0 Å². The van der Waals surface area contributed by atoms with Crippen molar-refractivity contribution in [2.24, 2.45) is 0 Å². The van der Waals surface area contributed by atoms with Gasteiger partial charge in [-0.05, 0) is 25.5 Å². The zero-order valence-corrected chi connectivity index (χ0v) is 13.0. The van der Waals surface area contributed by atoms with E-state index in [1.54, 1.807) is 26.4 Å². The van der Waals surface area contributed by atoms with Gasteiger partial charge < -0.3 is 15.3 Å². The molecule has 0 spiro atoms. The van der Waals surface area contributed by atoms with Gasteiger partial charge in [-0.1, -0.05) is 6.07 Å². The highest BCUT2D eigenvalue weighted by atomic mass is 16.3. The van der Waals surface area contributed by atoms with Crippen LogP contribution in [0, 0.1) is 6.92 Å². The average Bonchev–Trinajstić information content (AvgIpc) is 2.90. The summed E-state index contributed by atoms with van der Waals surface area (Å²) in [6.07, 6.45) is 4.76. The van der Waals surface area contributed by atoms with Gasteiger partial charge in [-0.2, -0.15) is 0 Å². The van der Waals surface area contributed by atoms with Crippen molar-refractivity contribution >= 4 is 6.03 Å². The highest BCUT2D eigenvalue weighted by molar-refractivity contribution is 5.73. The number of rotatable bonds is 5. The van der Waals surface area contributed by atoms with E-state index in [0.29, 0.717) is 13.1 Å². The Labute approximate surface area is 129 Å². The maximum absolute atomic E-state index is 11.8. The second-order valence-electron chi connectivity index (χ2n) is 5.26. The number of aliphatic hydroxyl groups excluding tert-OH is 1. The number of imidazole rings is 1. The Morgan fingerprint density at radius 2 is 2.23 bits per heavy atom. The number of likely N-dealkylation sites (N-methyl/N-ethyl adjacent to an activating group) is 1. The van der Waals surface area contributed by atoms with Crippen LogP contribution in [-0.4, -0.2) is 50.3 Å². The molecule has 118 valence electrons. The van der Waals surface area contributed by atoms with E-state index in [1.165, 1.54) is 4.90 Å². The number of urea groups is 1. The van der Waals surface area contributed by atoms with E-state index in [4.69, 9.17) is 0 Å². The van der Waals surface area contributed by atoms with Crippen LogP contribution < -0.4 is 5.32 Å². The molecule has 0 saturated carbocycles. The number of carbonyl (C=O) groups excluding carboxylic acids is 1. The van der Waals surface area contributed by atoms with Crippen LogP contribution >= 0.6 is 0 Å². The summed E-state index contributed by atoms with van der Waals surface area (Å²) in [5, 5.41) is 12.0. The number of carbonyl (C=O) groups is 1. The Bertz CT molecular complexity index is 621. The minimum absolute atomic E-state index is 0.226. The summed E-state index contributed by atoms with van der Waals surface area (Å²) >= 11 is 0. The van der Waals surface area contributed by atoms with Crippen molar-refractivity contribution in [2.75, 3.05) is 13.6 Å². The second-order valence-corrected chi connectivity index (χ2v) is 5.26. The minimum Gasteiger partial charge on any atom is -0.392 e. The van der Waals surface area contributed by atoms with Crippen LogP contribution in [0.1, 0.15) is 18.3 Å². The van der Waals surface area contributed by atoms with Crippen LogP contribution in [0.15, 0.2) is 30.7 Å². The number of pyridine rings is 1. The summed E-state index contributed by atoms with van der Waals surface area (Å²) < 4.78 is 1.89. The van der Waals surface area contributed by atoms with Crippen molar-refractivity contribution in [1.82, 2.24) is 24.8 Å². The van der Waals surface area contributed by atoms with E-state index in [0.717, 1.165) is 17.2 Å². The quantitative estimate of drug-likeness (QED) is 0.866. The van der Waals surface area contributed by atoms with Crippen molar-refractivity contribution in [3.05, 3.63) is 42.1 Å². The first-order valence-corrected chi connectivity index (χ1v) is 7.09. The Morgan fingerprint density at radius 1 is 1.45 bits per heavy atom. The number of nitrogens with one attached hydrogen (secondary N) is 1. The van der Waals surface area contributed by atoms with Crippen LogP contribution in [0.2, 0.25) is 0 Å². The van der Waals surface area contributed by atoms with Gasteiger partial charge in [0.05, 0.1) is 6.10 Å². The van der Waals surface area contributed by atoms with Gasteiger partial charge in [-0.15, -0.1) is 0 Å². The number of aromatic nitrogens is 3. The van der Waals surface area contributed by atoms with E-state index < -0.39 is 6.10 Å². The molecule has 0 radical (unpaired) electrons. The summed E-state index contributed by atoms with van der Waals surface area (Å²) in [7, 11) is 1.64. The lowest BCUT2D eigenvalue weighted by molar-refractivity contribution is 0.143. The first kappa shape index (κ1) is 16.0. The molecule has 7 nitrogen and oxygen atoms in total. The van der Waals surface area contributed by atoms with Gasteiger partial charge in [-0.3, -0.25) is 4.57 Å². The van der Waals surface area contributed by atoms with E-state index in [9.17, 15) is 9.90 Å². The predicted molar refractivity (Wildman–Crippen MR) is 82.6 cm³/mol. The summed E-state index contributed by atoms with van der Waals surface area (Å²) in [5.74, 6) is 1.66. The van der Waals surface area contributed by atoms with E-state index >= 15 is 0 Å². The Kier molecular flexibility index (Phi) is 5.11. The Balaban J connectivity index is 1.92. The molecule has 7 heteroatoms. The lowest BCUT2D eigenvalue weighted by Gasteiger charge is -2.19. The van der Waals surface area contributed by atoms with E-state index in [-0.39, 0.29) is 6.03 Å². The highest BCUT2D eigenvalue weighted by Crippen LogP contribution is 2.08. The predicted octanol–water partition coefficient (Wildman–Crippen LogP) is 1.10. The molecule has 2 aromatic rings. The smallest absolute Gasteiger partial charge is 0.317 e. The molecule has 0 saturated heterocycles. The van der Waals surface area contributed by atoms with Crippen molar-refractivity contribution in [3.8, 4) is 5.82 Å². The minimum atomic E-state index is -0.546. The maximum Gasteiger partial charge on any atom is 0.317 e. The Morgan fingerprint density at radius 3 is 2.77 bits per heavy atom. The molecule has 2 rings (SSSR count). The largest absolute Gasteiger partial charge is 0.392 e. The average molecular weight is 303 g/mol. The summed E-state index contributed by atoms with van der Waals surface area (Å²) in [4.78, 5) is 21.8. The third-order valence-corrected chi connectivity index (χ3v) is 3.21. The van der Waals surface area contributed by atoms with Gasteiger partial charge in [-0.25, -0.2) is 14.8 Å². The maximum atomic E-state index is 11.8. The number of nitrogens with zero attached hydrogens (tertiary/aromatic N) is 4. The molecule has 22 heavy (non-hydrogen) atoms. The standard InChI is InChI=1S/C15H21N5O2/c1-11(21)10-19(3)15(22)18-9-13-4-5-14(17-8-13)20-7-6-16-12(20)2/h4-8,11,21H,9-10H2,1-3H3,(H,18,22). The molecule has 0 aliphatic carbocycles. The first-order valence-electron chi connectivity index (χ1n) is 7.09. The zero-order chi connectivity index (χ0) is 16.1. The molecule has 0 aromatic carbocycles. The molecule has 0 aliphatic heterocycles. The number of aryl methyl sites for hydroxylation is 1. The first-order chi connectivity index (χ1) is 10.5. The fourth-order valence-electron chi connectivity index (χ4n) is 2.08. The number of hydrogen-bond acceptors (Lipinski definition) is 4. The SMILES string of the molecule is Cc1nccn1-c1ccc(CNC(=O)N(C)CC(C)O)cn1. The van der Waals surface area contributed by atoms with Crippen molar-refractivity contribution < 1.29 is 9.90 Å². The van der Waals surface area contributed by atoms with Crippen LogP contribution in [0.25, 0.3) is 5.82 Å². The molecule has 1 unspecified atom stereocenters. The van der Waals surface area contributed by atoms with E-state index in [1.807, 2.05) is 29.8 Å². The van der Waals surface area contributed by atoms with Gasteiger partial charge >= 0.3 is 6.03 Å². The topological polar surface area (TPSA) is 83.3 Å². The van der Waals surface area contributed by atoms with Crippen molar-refractivity contribution in [3.63, 3.8) is 0 Å². The van der Waals surface area contributed by atoms with Crippen LogP contribution in [0.3, 0.4) is 0 Å². The van der Waals surface area contributed by atoms with Crippen molar-refractivity contribution in [2.45, 2.75) is 26.5 Å². The normalized spacial score (nSPS) is 12.0. The second kappa shape index (κ2) is 7.04. The van der Waals surface area contributed by atoms with Crippen LogP contribution in [-0.2, 0) is 6.54 Å². The summed E-state index contributed by atoms with van der Waals surface area (Å²) in [6, 6.07) is 3.57. The molecule has 0 bridgehead atoms. The third-order valence-electron chi connectivity index (χ3n) is 3.21. The van der Waals surface area contributed by atoms with Crippen molar-refractivity contribution in [1.29, 1.82) is 0 Å². The molecule has 2 heterocycles. The molecule has 0 fully saturated rings. The van der Waals surface area contributed by atoms with Gasteiger partial charge in [0.2, 0.25) is 0 Å². The summed E-state index contributed by atoms with van der Waals surface area (Å²) in [6.45, 7) is 4.24. The summed E-state index contributed by atoms with van der Waals surface area (Å²) in [5.41, 5.74) is 0.903. The third kappa shape index (κ3) is 4.05. The lowest BCUT2D eigenvalue weighted by atomic mass is 10.3. The molecule has 2 amide bonds. The lowest BCUT2D eigenvalue weighted by Crippen LogP contribution is -2.40. The van der Waals surface area contributed by atoms with Gasteiger partial charge in [0.25, 0.3) is 0 Å². The molecule has 2 N–H and O–H groups in total. The number of hydrogen-bond donors (Lipinski definition) is 2. The van der Waals surface area contributed by atoms with E-state index in [2.05, 4.69) is 15.3 Å². The van der Waals surface area contributed by atoms with Gasteiger partial charge in [0.1, 0.15) is 11.6 Å². The number of amides is 2. The van der Waals surface area contributed by atoms with Gasteiger partial charge in [0.15, 0.2) is 0 Å². The van der Waals surface area contributed by atoms with Gasteiger partial charge in [0, 0.05) is 38.7 Å². The Hall–Kier alpha value is -2.41. The molecular weight excluding hydrogens is 282 g/mol. The van der Waals surface area contributed by atoms with Crippen LogP contribution in [0.4, 0.5) is 4.79 Å². The molecular formula is C15H21N5O2. The fourth-order valence-corrected chi connectivity index (χ4v) is 2.08. The molecule has 2 aromatic heterocycles. The zero-order valence-electron chi connectivity index (χ0n) is 13.0. The molecule has 1 atom stereocenters. The molecule has 0 aliphatic rings. The fraction of sp³-hybridized carbons (Fsp3) is 0.400.